The molecule has 4 aromatic rings. The van der Waals surface area contributed by atoms with E-state index in [0.717, 1.165) is 11.3 Å². The van der Waals surface area contributed by atoms with Crippen molar-refractivity contribution in [3.63, 3.8) is 0 Å². The molecule has 0 radical (unpaired) electrons. The van der Waals surface area contributed by atoms with Crippen LogP contribution in [-0.2, 0) is 11.3 Å². The van der Waals surface area contributed by atoms with E-state index in [-0.39, 0.29) is 12.5 Å². The maximum Gasteiger partial charge on any atom is 0.257 e. The van der Waals surface area contributed by atoms with Crippen LogP contribution >= 0.6 is 11.3 Å². The smallest absolute Gasteiger partial charge is 0.257 e. The molecule has 4 rings (SSSR count). The number of rotatable bonds is 10. The molecular formula is C25H24FN5O3S. The van der Waals surface area contributed by atoms with Crippen molar-refractivity contribution in [2.45, 2.75) is 19.9 Å². The summed E-state index contributed by atoms with van der Waals surface area (Å²) in [7, 11) is 0. The molecule has 180 valence electrons. The molecule has 0 fully saturated rings. The number of anilines is 2. The molecule has 2 aromatic carbocycles. The maximum absolute atomic E-state index is 13.1. The average Bonchev–Trinajstić information content (AvgIpc) is 3.53. The van der Waals surface area contributed by atoms with Crippen LogP contribution in [0.15, 0.2) is 70.5 Å². The second kappa shape index (κ2) is 11.5. The molecule has 2 heterocycles. The van der Waals surface area contributed by atoms with Crippen molar-refractivity contribution in [2.75, 3.05) is 23.7 Å². The van der Waals surface area contributed by atoms with Gasteiger partial charge in [-0.25, -0.2) is 4.39 Å². The fraction of sp³-hybridized carbons (Fsp3) is 0.200. The summed E-state index contributed by atoms with van der Waals surface area (Å²) in [4.78, 5) is 28.4. The van der Waals surface area contributed by atoms with Crippen LogP contribution in [0.3, 0.4) is 0 Å². The summed E-state index contributed by atoms with van der Waals surface area (Å²) in [6.45, 7) is 3.08. The summed E-state index contributed by atoms with van der Waals surface area (Å²) < 4.78 is 18.9. The number of benzene rings is 2. The second-order valence-corrected chi connectivity index (χ2v) is 8.69. The SMILES string of the molecule is CCCN(CC(=O)Nc1ccccc1C(=O)Nc1ccc(F)cc1)Cc1nnc(-c2cccs2)o1. The molecule has 2 amide bonds. The van der Waals surface area contributed by atoms with Gasteiger partial charge in [-0.1, -0.05) is 25.1 Å². The van der Waals surface area contributed by atoms with Gasteiger partial charge >= 0.3 is 0 Å². The number of halogens is 1. The van der Waals surface area contributed by atoms with Gasteiger partial charge in [0.25, 0.3) is 11.8 Å². The molecular weight excluding hydrogens is 469 g/mol. The highest BCUT2D eigenvalue weighted by atomic mass is 32.1. The van der Waals surface area contributed by atoms with Crippen LogP contribution in [0.5, 0.6) is 0 Å². The molecule has 0 saturated heterocycles. The predicted molar refractivity (Wildman–Crippen MR) is 133 cm³/mol. The topological polar surface area (TPSA) is 100 Å². The largest absolute Gasteiger partial charge is 0.419 e. The number of nitrogens with zero attached hydrogens (tertiary/aromatic N) is 3. The molecule has 0 atom stereocenters. The van der Waals surface area contributed by atoms with Crippen molar-refractivity contribution in [2.24, 2.45) is 0 Å². The number of carbonyl (C=O) groups excluding carboxylic acids is 2. The van der Waals surface area contributed by atoms with Crippen molar-refractivity contribution < 1.29 is 18.4 Å². The monoisotopic (exact) mass is 493 g/mol. The van der Waals surface area contributed by atoms with Gasteiger partial charge in [-0.05, 0) is 60.8 Å². The molecule has 0 aliphatic carbocycles. The van der Waals surface area contributed by atoms with Gasteiger partial charge in [-0.15, -0.1) is 21.5 Å². The Bertz CT molecular complexity index is 1270. The van der Waals surface area contributed by atoms with E-state index < -0.39 is 11.7 Å². The zero-order valence-corrected chi connectivity index (χ0v) is 19.8. The summed E-state index contributed by atoms with van der Waals surface area (Å²) in [5.41, 5.74) is 1.13. The number of hydrogen-bond donors (Lipinski definition) is 2. The van der Waals surface area contributed by atoms with Crippen LogP contribution in [0, 0.1) is 5.82 Å². The number of aromatic nitrogens is 2. The van der Waals surface area contributed by atoms with Crippen LogP contribution in [-0.4, -0.2) is 40.0 Å². The lowest BCUT2D eigenvalue weighted by Gasteiger charge is -2.19. The van der Waals surface area contributed by atoms with E-state index in [1.54, 1.807) is 24.3 Å². The number of hydrogen-bond acceptors (Lipinski definition) is 7. The molecule has 2 aromatic heterocycles. The third kappa shape index (κ3) is 6.58. The highest BCUT2D eigenvalue weighted by molar-refractivity contribution is 7.13. The van der Waals surface area contributed by atoms with Crippen molar-refractivity contribution in [3.05, 3.63) is 83.3 Å². The molecule has 0 bridgehead atoms. The number of carbonyl (C=O) groups is 2. The molecule has 8 nitrogen and oxygen atoms in total. The molecule has 0 aliphatic rings. The first-order chi connectivity index (χ1) is 17.0. The van der Waals surface area contributed by atoms with Crippen LogP contribution in [0.2, 0.25) is 0 Å². The van der Waals surface area contributed by atoms with Crippen LogP contribution in [0.4, 0.5) is 15.8 Å². The lowest BCUT2D eigenvalue weighted by molar-refractivity contribution is -0.117. The Hall–Kier alpha value is -3.89. The molecule has 0 unspecified atom stereocenters. The van der Waals surface area contributed by atoms with E-state index >= 15 is 0 Å². The van der Waals surface area contributed by atoms with E-state index in [1.165, 1.54) is 35.6 Å². The average molecular weight is 494 g/mol. The van der Waals surface area contributed by atoms with E-state index in [2.05, 4.69) is 20.8 Å². The predicted octanol–water partition coefficient (Wildman–Crippen LogP) is 5.04. The Morgan fingerprint density at radius 1 is 1.03 bits per heavy atom. The summed E-state index contributed by atoms with van der Waals surface area (Å²) >= 11 is 1.51. The van der Waals surface area contributed by atoms with Gasteiger partial charge < -0.3 is 15.1 Å². The molecule has 0 spiro atoms. The minimum atomic E-state index is -0.412. The minimum absolute atomic E-state index is 0.0818. The normalized spacial score (nSPS) is 10.9. The zero-order chi connectivity index (χ0) is 24.6. The lowest BCUT2D eigenvalue weighted by Crippen LogP contribution is -2.34. The Balaban J connectivity index is 1.40. The van der Waals surface area contributed by atoms with E-state index in [9.17, 15) is 14.0 Å². The lowest BCUT2D eigenvalue weighted by atomic mass is 10.1. The fourth-order valence-electron chi connectivity index (χ4n) is 3.45. The highest BCUT2D eigenvalue weighted by Gasteiger charge is 2.18. The second-order valence-electron chi connectivity index (χ2n) is 7.74. The third-order valence-corrected chi connectivity index (χ3v) is 5.87. The molecule has 0 aliphatic heterocycles. The summed E-state index contributed by atoms with van der Waals surface area (Å²) in [5.74, 6) is -0.204. The Labute approximate surface area is 205 Å². The summed E-state index contributed by atoms with van der Waals surface area (Å²) in [6.07, 6.45) is 0.829. The van der Waals surface area contributed by atoms with Crippen LogP contribution in [0.25, 0.3) is 10.8 Å². The van der Waals surface area contributed by atoms with Gasteiger partial charge in [0.05, 0.1) is 29.2 Å². The van der Waals surface area contributed by atoms with Crippen molar-refractivity contribution in [1.29, 1.82) is 0 Å². The number of nitrogens with one attached hydrogen (secondary N) is 2. The Kier molecular flexibility index (Phi) is 7.96. The molecule has 10 heteroatoms. The van der Waals surface area contributed by atoms with Crippen molar-refractivity contribution in [1.82, 2.24) is 15.1 Å². The third-order valence-electron chi connectivity index (χ3n) is 5.01. The standard InChI is InChI=1S/C25H24FN5O3S/c1-2-13-31(16-23-29-30-25(34-23)21-8-5-14-35-21)15-22(32)28-20-7-4-3-6-19(20)24(33)27-18-11-9-17(26)10-12-18/h3-12,14H,2,13,15-16H2,1H3,(H,27,33)(H,28,32). The van der Waals surface area contributed by atoms with Gasteiger partial charge in [-0.3, -0.25) is 14.5 Å². The first-order valence-corrected chi connectivity index (χ1v) is 11.9. The minimum Gasteiger partial charge on any atom is -0.419 e. The number of para-hydroxylation sites is 1. The quantitative estimate of drug-likeness (QED) is 0.321. The molecule has 2 N–H and O–H groups in total. The van der Waals surface area contributed by atoms with Gasteiger partial charge in [-0.2, -0.15) is 0 Å². The fourth-order valence-corrected chi connectivity index (χ4v) is 4.10. The van der Waals surface area contributed by atoms with Crippen molar-refractivity contribution in [3.8, 4) is 10.8 Å². The van der Waals surface area contributed by atoms with Crippen LogP contribution < -0.4 is 10.6 Å². The van der Waals surface area contributed by atoms with Gasteiger partial charge in [0.1, 0.15) is 5.82 Å². The molecule has 35 heavy (non-hydrogen) atoms. The summed E-state index contributed by atoms with van der Waals surface area (Å²) in [5, 5.41) is 15.7. The molecule has 0 saturated carbocycles. The zero-order valence-electron chi connectivity index (χ0n) is 19.0. The maximum atomic E-state index is 13.1. The highest BCUT2D eigenvalue weighted by Crippen LogP contribution is 2.23. The Morgan fingerprint density at radius 2 is 1.83 bits per heavy atom. The first kappa shape index (κ1) is 24.2. The van der Waals surface area contributed by atoms with Gasteiger partial charge in [0.2, 0.25) is 11.8 Å². The Morgan fingerprint density at radius 3 is 2.57 bits per heavy atom. The van der Waals surface area contributed by atoms with Gasteiger partial charge in [0, 0.05) is 5.69 Å². The van der Waals surface area contributed by atoms with E-state index in [1.807, 2.05) is 29.3 Å². The van der Waals surface area contributed by atoms with E-state index in [4.69, 9.17) is 4.42 Å². The number of amides is 2. The number of thiophene rings is 1. The summed E-state index contributed by atoms with van der Waals surface area (Å²) in [6, 6.07) is 16.0. The van der Waals surface area contributed by atoms with Crippen molar-refractivity contribution >= 4 is 34.5 Å². The first-order valence-electron chi connectivity index (χ1n) is 11.1. The van der Waals surface area contributed by atoms with Gasteiger partial charge in [0.15, 0.2) is 0 Å². The van der Waals surface area contributed by atoms with E-state index in [0.29, 0.717) is 41.8 Å². The van der Waals surface area contributed by atoms with Crippen LogP contribution in [0.1, 0.15) is 29.6 Å².